The summed E-state index contributed by atoms with van der Waals surface area (Å²) in [5.74, 6) is 2.09. The summed E-state index contributed by atoms with van der Waals surface area (Å²) in [5, 5.41) is 0. The van der Waals surface area contributed by atoms with Crippen molar-refractivity contribution >= 4 is 5.91 Å². The molecule has 1 aromatic heterocycles. The van der Waals surface area contributed by atoms with Crippen LogP contribution in [0.4, 0.5) is 0 Å². The van der Waals surface area contributed by atoms with E-state index in [1.807, 2.05) is 24.4 Å². The van der Waals surface area contributed by atoms with Crippen molar-refractivity contribution in [3.8, 4) is 0 Å². The number of carbonyl (C=O) groups is 1. The first kappa shape index (κ1) is 17.7. The highest BCUT2D eigenvalue weighted by Gasteiger charge is 2.28. The Morgan fingerprint density at radius 3 is 2.56 bits per heavy atom. The molecule has 1 fully saturated rings. The molecule has 1 saturated heterocycles. The summed E-state index contributed by atoms with van der Waals surface area (Å²) in [7, 11) is 0. The average Bonchev–Trinajstić information content (AvgIpc) is 3.11. The van der Waals surface area contributed by atoms with E-state index in [4.69, 9.17) is 0 Å². The van der Waals surface area contributed by atoms with Crippen molar-refractivity contribution in [1.82, 2.24) is 14.5 Å². The van der Waals surface area contributed by atoms with E-state index in [9.17, 15) is 4.79 Å². The first-order valence-electron chi connectivity index (χ1n) is 9.56. The molecular weight excluding hydrogens is 310 g/mol. The highest BCUT2D eigenvalue weighted by atomic mass is 16.2. The number of benzene rings is 1. The number of rotatable bonds is 6. The van der Waals surface area contributed by atoms with E-state index < -0.39 is 0 Å². The Labute approximate surface area is 150 Å². The number of piperidine rings is 1. The Hall–Kier alpha value is -2.10. The van der Waals surface area contributed by atoms with Gasteiger partial charge in [0.1, 0.15) is 5.82 Å². The molecular formula is C21H29N3O. The summed E-state index contributed by atoms with van der Waals surface area (Å²) in [5.41, 5.74) is 1.14. The molecule has 0 aliphatic carbocycles. The van der Waals surface area contributed by atoms with E-state index in [0.29, 0.717) is 11.8 Å². The summed E-state index contributed by atoms with van der Waals surface area (Å²) < 4.78 is 2.28. The van der Waals surface area contributed by atoms with Gasteiger partial charge in [-0.3, -0.25) is 4.79 Å². The van der Waals surface area contributed by atoms with E-state index in [-0.39, 0.29) is 5.92 Å². The molecule has 0 spiro atoms. The van der Waals surface area contributed by atoms with Gasteiger partial charge in [0.15, 0.2) is 0 Å². The van der Waals surface area contributed by atoms with Crippen LogP contribution in [0.1, 0.15) is 50.4 Å². The van der Waals surface area contributed by atoms with Gasteiger partial charge in [0, 0.05) is 38.4 Å². The van der Waals surface area contributed by atoms with E-state index in [0.717, 1.165) is 56.7 Å². The van der Waals surface area contributed by atoms with Gasteiger partial charge in [-0.05, 0) is 30.7 Å². The number of amides is 1. The third-order valence-electron chi connectivity index (χ3n) is 5.41. The predicted molar refractivity (Wildman–Crippen MR) is 100 cm³/mol. The van der Waals surface area contributed by atoms with Gasteiger partial charge in [0.25, 0.3) is 0 Å². The zero-order chi connectivity index (χ0) is 17.6. The van der Waals surface area contributed by atoms with Crippen LogP contribution in [0, 0.1) is 5.92 Å². The molecule has 1 unspecified atom stereocenters. The van der Waals surface area contributed by atoms with Crippen LogP contribution < -0.4 is 0 Å². The maximum Gasteiger partial charge on any atom is 0.230 e. The third kappa shape index (κ3) is 4.12. The molecule has 0 N–H and O–H groups in total. The molecule has 1 atom stereocenters. The minimum absolute atomic E-state index is 0.00177. The van der Waals surface area contributed by atoms with E-state index in [1.54, 1.807) is 0 Å². The molecule has 3 rings (SSSR count). The average molecular weight is 339 g/mol. The van der Waals surface area contributed by atoms with Gasteiger partial charge >= 0.3 is 0 Å². The Bertz CT molecular complexity index is 671. The molecule has 0 radical (unpaired) electrons. The summed E-state index contributed by atoms with van der Waals surface area (Å²) in [4.78, 5) is 19.4. The zero-order valence-electron chi connectivity index (χ0n) is 15.4. The maximum atomic E-state index is 13.0. The normalized spacial score (nSPS) is 16.8. The lowest BCUT2D eigenvalue weighted by Crippen LogP contribution is -2.41. The minimum Gasteiger partial charge on any atom is -0.342 e. The van der Waals surface area contributed by atoms with Gasteiger partial charge in [-0.15, -0.1) is 0 Å². The number of hydrogen-bond donors (Lipinski definition) is 0. The number of aryl methyl sites for hydroxylation is 1. The molecule has 1 aliphatic heterocycles. The SMILES string of the molecule is CCc1nccn1CC1CCN(C(=O)C(CC)c2ccccc2)CC1. The molecule has 1 aromatic carbocycles. The van der Waals surface area contributed by atoms with Crippen molar-refractivity contribution in [3.63, 3.8) is 0 Å². The van der Waals surface area contributed by atoms with Crippen LogP contribution in [0.15, 0.2) is 42.7 Å². The first-order valence-corrected chi connectivity index (χ1v) is 9.56. The van der Waals surface area contributed by atoms with Gasteiger partial charge < -0.3 is 9.47 Å². The van der Waals surface area contributed by atoms with Gasteiger partial charge in [-0.2, -0.15) is 0 Å². The van der Waals surface area contributed by atoms with E-state index >= 15 is 0 Å². The Balaban J connectivity index is 1.57. The summed E-state index contributed by atoms with van der Waals surface area (Å²) >= 11 is 0. The van der Waals surface area contributed by atoms with Crippen molar-refractivity contribution in [3.05, 3.63) is 54.1 Å². The smallest absolute Gasteiger partial charge is 0.230 e. The number of carbonyl (C=O) groups excluding carboxylic acids is 1. The standard InChI is InChI=1S/C21H29N3O/c1-3-19(18-8-6-5-7-9-18)21(25)23-13-10-17(11-14-23)16-24-15-12-22-20(24)4-2/h5-9,12,15,17,19H,3-4,10-11,13-14,16H2,1-2H3. The van der Waals surface area contributed by atoms with Crippen molar-refractivity contribution in [2.45, 2.75) is 52.0 Å². The number of imidazole rings is 1. The quantitative estimate of drug-likeness (QED) is 0.801. The fraction of sp³-hybridized carbons (Fsp3) is 0.524. The lowest BCUT2D eigenvalue weighted by atomic mass is 9.92. The molecule has 0 saturated carbocycles. The molecule has 4 heteroatoms. The zero-order valence-corrected chi connectivity index (χ0v) is 15.4. The second-order valence-electron chi connectivity index (χ2n) is 6.99. The summed E-state index contributed by atoms with van der Waals surface area (Å²) in [6.45, 7) is 7.04. The number of nitrogens with zero attached hydrogens (tertiary/aromatic N) is 3. The van der Waals surface area contributed by atoms with Gasteiger partial charge in [-0.25, -0.2) is 4.98 Å². The first-order chi connectivity index (χ1) is 12.2. The third-order valence-corrected chi connectivity index (χ3v) is 5.41. The van der Waals surface area contributed by atoms with Crippen LogP contribution in [0.25, 0.3) is 0 Å². The van der Waals surface area contributed by atoms with Gasteiger partial charge in [0.2, 0.25) is 5.91 Å². The van der Waals surface area contributed by atoms with Crippen LogP contribution in [-0.4, -0.2) is 33.4 Å². The number of aromatic nitrogens is 2. The molecule has 25 heavy (non-hydrogen) atoms. The lowest BCUT2D eigenvalue weighted by molar-refractivity contribution is -0.134. The fourth-order valence-electron chi connectivity index (χ4n) is 3.89. The minimum atomic E-state index is -0.00177. The Kier molecular flexibility index (Phi) is 5.90. The lowest BCUT2D eigenvalue weighted by Gasteiger charge is -2.34. The summed E-state index contributed by atoms with van der Waals surface area (Å²) in [6, 6.07) is 10.2. The molecule has 4 nitrogen and oxygen atoms in total. The molecule has 134 valence electrons. The van der Waals surface area contributed by atoms with Crippen LogP contribution in [-0.2, 0) is 17.8 Å². The molecule has 1 amide bonds. The highest BCUT2D eigenvalue weighted by molar-refractivity contribution is 5.83. The van der Waals surface area contributed by atoms with Crippen molar-refractivity contribution < 1.29 is 4.79 Å². The highest BCUT2D eigenvalue weighted by Crippen LogP contribution is 2.26. The Morgan fingerprint density at radius 2 is 1.92 bits per heavy atom. The molecule has 0 bridgehead atoms. The second-order valence-corrected chi connectivity index (χ2v) is 6.99. The molecule has 2 aromatic rings. The van der Waals surface area contributed by atoms with Crippen LogP contribution in [0.2, 0.25) is 0 Å². The van der Waals surface area contributed by atoms with E-state index in [1.165, 1.54) is 0 Å². The predicted octanol–water partition coefficient (Wildman–Crippen LogP) is 3.88. The fourth-order valence-corrected chi connectivity index (χ4v) is 3.89. The molecule has 2 heterocycles. The maximum absolute atomic E-state index is 13.0. The van der Waals surface area contributed by atoms with Gasteiger partial charge in [-0.1, -0.05) is 44.2 Å². The van der Waals surface area contributed by atoms with Crippen molar-refractivity contribution in [2.75, 3.05) is 13.1 Å². The van der Waals surface area contributed by atoms with Crippen LogP contribution in [0.3, 0.4) is 0 Å². The second kappa shape index (κ2) is 8.32. The van der Waals surface area contributed by atoms with Crippen molar-refractivity contribution in [2.24, 2.45) is 5.92 Å². The number of hydrogen-bond acceptors (Lipinski definition) is 2. The summed E-state index contributed by atoms with van der Waals surface area (Å²) in [6.07, 6.45) is 7.97. The number of likely N-dealkylation sites (tertiary alicyclic amines) is 1. The monoisotopic (exact) mass is 339 g/mol. The van der Waals surface area contributed by atoms with Crippen molar-refractivity contribution in [1.29, 1.82) is 0 Å². The Morgan fingerprint density at radius 1 is 1.20 bits per heavy atom. The topological polar surface area (TPSA) is 38.1 Å². The van der Waals surface area contributed by atoms with Crippen LogP contribution >= 0.6 is 0 Å². The van der Waals surface area contributed by atoms with Gasteiger partial charge in [0.05, 0.1) is 5.92 Å². The van der Waals surface area contributed by atoms with E-state index in [2.05, 4.69) is 46.6 Å². The molecule has 1 aliphatic rings. The largest absolute Gasteiger partial charge is 0.342 e. The van der Waals surface area contributed by atoms with Crippen LogP contribution in [0.5, 0.6) is 0 Å².